The fourth-order valence-corrected chi connectivity index (χ4v) is 4.04. The Morgan fingerprint density at radius 3 is 2.37 bits per heavy atom. The van der Waals surface area contributed by atoms with Crippen molar-refractivity contribution in [1.29, 1.82) is 5.26 Å². The first kappa shape index (κ1) is 20.9. The van der Waals surface area contributed by atoms with Crippen molar-refractivity contribution in [1.82, 2.24) is 0 Å². The first-order chi connectivity index (χ1) is 12.9. The van der Waals surface area contributed by atoms with Crippen LogP contribution in [-0.4, -0.2) is 21.6 Å². The zero-order valence-electron chi connectivity index (χ0n) is 15.5. The topological polar surface area (TPSA) is 88.4 Å². The highest BCUT2D eigenvalue weighted by Gasteiger charge is 2.19. The highest BCUT2D eigenvalue weighted by molar-refractivity contribution is 8.03. The maximum absolute atomic E-state index is 12.8. The van der Waals surface area contributed by atoms with Crippen molar-refractivity contribution in [3.8, 4) is 16.9 Å². The molecule has 8 heteroatoms. The SMILES string of the molecule is CCOc1ccc(S(=O)(=O)Nc2ccc(SC#N)cc2CC)cc1OCC. The molecule has 0 aliphatic carbocycles. The average Bonchev–Trinajstić information content (AvgIpc) is 2.64. The molecule has 6 nitrogen and oxygen atoms in total. The molecule has 0 saturated heterocycles. The smallest absolute Gasteiger partial charge is 0.262 e. The minimum absolute atomic E-state index is 0.0898. The molecule has 0 aliphatic rings. The predicted octanol–water partition coefficient (Wildman–Crippen LogP) is 4.42. The second kappa shape index (κ2) is 9.53. The van der Waals surface area contributed by atoms with Gasteiger partial charge >= 0.3 is 0 Å². The molecule has 0 fully saturated rings. The maximum atomic E-state index is 12.8. The number of ether oxygens (including phenoxy) is 2. The molecule has 0 unspecified atom stereocenters. The molecular formula is C19H22N2O4S2. The Balaban J connectivity index is 2.36. The summed E-state index contributed by atoms with van der Waals surface area (Å²) < 4.78 is 39.3. The Bertz CT molecular complexity index is 937. The zero-order chi connectivity index (χ0) is 19.9. The molecule has 2 aromatic carbocycles. The van der Waals surface area contributed by atoms with Gasteiger partial charge in [-0.1, -0.05) is 6.92 Å². The summed E-state index contributed by atoms with van der Waals surface area (Å²) in [5, 5.41) is 10.8. The molecule has 0 aliphatic heterocycles. The summed E-state index contributed by atoms with van der Waals surface area (Å²) in [5.41, 5.74) is 1.31. The van der Waals surface area contributed by atoms with E-state index < -0.39 is 10.0 Å². The molecule has 0 atom stereocenters. The molecule has 0 saturated carbocycles. The van der Waals surface area contributed by atoms with Crippen LogP contribution in [0.2, 0.25) is 0 Å². The van der Waals surface area contributed by atoms with Gasteiger partial charge in [-0.05, 0) is 67.9 Å². The zero-order valence-corrected chi connectivity index (χ0v) is 17.1. The van der Waals surface area contributed by atoms with Gasteiger partial charge in [0.15, 0.2) is 11.5 Å². The number of thiocyanates is 1. The van der Waals surface area contributed by atoms with E-state index in [1.54, 1.807) is 18.2 Å². The van der Waals surface area contributed by atoms with Crippen LogP contribution in [0.15, 0.2) is 46.2 Å². The summed E-state index contributed by atoms with van der Waals surface area (Å²) >= 11 is 1.04. The number of thioether (sulfide) groups is 1. The van der Waals surface area contributed by atoms with E-state index in [0.717, 1.165) is 22.2 Å². The minimum Gasteiger partial charge on any atom is -0.490 e. The van der Waals surface area contributed by atoms with Gasteiger partial charge in [0.05, 0.1) is 23.8 Å². The highest BCUT2D eigenvalue weighted by atomic mass is 32.2. The number of aryl methyl sites for hydroxylation is 1. The molecule has 27 heavy (non-hydrogen) atoms. The van der Waals surface area contributed by atoms with E-state index in [-0.39, 0.29) is 4.90 Å². The molecule has 1 N–H and O–H groups in total. The van der Waals surface area contributed by atoms with Crippen molar-refractivity contribution in [2.75, 3.05) is 17.9 Å². The number of hydrogen-bond donors (Lipinski definition) is 1. The molecule has 2 aromatic rings. The second-order valence-corrected chi connectivity index (χ2v) is 7.99. The average molecular weight is 407 g/mol. The number of nitriles is 1. The predicted molar refractivity (Wildman–Crippen MR) is 107 cm³/mol. The van der Waals surface area contributed by atoms with Crippen molar-refractivity contribution >= 4 is 27.5 Å². The van der Waals surface area contributed by atoms with E-state index in [4.69, 9.17) is 14.7 Å². The molecule has 0 heterocycles. The molecular weight excluding hydrogens is 384 g/mol. The van der Waals surface area contributed by atoms with Gasteiger partial charge in [-0.3, -0.25) is 4.72 Å². The molecule has 0 bridgehead atoms. The van der Waals surface area contributed by atoms with E-state index in [1.165, 1.54) is 12.1 Å². The van der Waals surface area contributed by atoms with Crippen molar-refractivity contribution in [3.63, 3.8) is 0 Å². The molecule has 0 spiro atoms. The number of benzene rings is 2. The molecule has 2 rings (SSSR count). The number of anilines is 1. The number of nitrogens with zero attached hydrogens (tertiary/aromatic N) is 1. The maximum Gasteiger partial charge on any atom is 0.262 e. The van der Waals surface area contributed by atoms with Crippen LogP contribution in [0.1, 0.15) is 26.3 Å². The third-order valence-electron chi connectivity index (χ3n) is 3.69. The lowest BCUT2D eigenvalue weighted by Gasteiger charge is -2.15. The molecule has 144 valence electrons. The largest absolute Gasteiger partial charge is 0.490 e. The van der Waals surface area contributed by atoms with Crippen LogP contribution in [-0.2, 0) is 16.4 Å². The van der Waals surface area contributed by atoms with Gasteiger partial charge in [-0.2, -0.15) is 5.26 Å². The van der Waals surface area contributed by atoms with Gasteiger partial charge in [-0.15, -0.1) is 0 Å². The van der Waals surface area contributed by atoms with Gasteiger partial charge in [0.1, 0.15) is 5.40 Å². The Kier molecular flexibility index (Phi) is 7.39. The van der Waals surface area contributed by atoms with E-state index in [2.05, 4.69) is 4.72 Å². The van der Waals surface area contributed by atoms with Crippen LogP contribution < -0.4 is 14.2 Å². The van der Waals surface area contributed by atoms with Gasteiger partial charge in [-0.25, -0.2) is 8.42 Å². The van der Waals surface area contributed by atoms with Gasteiger partial charge in [0, 0.05) is 11.0 Å². The van der Waals surface area contributed by atoms with Crippen molar-refractivity contribution in [2.24, 2.45) is 0 Å². The third-order valence-corrected chi connectivity index (χ3v) is 5.63. The van der Waals surface area contributed by atoms with Crippen LogP contribution in [0, 0.1) is 10.7 Å². The summed E-state index contributed by atoms with van der Waals surface area (Å²) in [7, 11) is -3.80. The van der Waals surface area contributed by atoms with E-state index in [0.29, 0.717) is 36.8 Å². The van der Waals surface area contributed by atoms with Crippen LogP contribution in [0.4, 0.5) is 5.69 Å². The number of nitrogens with one attached hydrogen (secondary N) is 1. The lowest BCUT2D eigenvalue weighted by molar-refractivity contribution is 0.287. The Hall–Kier alpha value is -2.37. The second-order valence-electron chi connectivity index (χ2n) is 5.45. The summed E-state index contributed by atoms with van der Waals surface area (Å²) in [4.78, 5) is 0.865. The van der Waals surface area contributed by atoms with Gasteiger partial charge < -0.3 is 9.47 Å². The summed E-state index contributed by atoms with van der Waals surface area (Å²) in [6.07, 6.45) is 0.630. The number of sulfonamides is 1. The van der Waals surface area contributed by atoms with Gasteiger partial charge in [0.2, 0.25) is 0 Å². The van der Waals surface area contributed by atoms with E-state index >= 15 is 0 Å². The Morgan fingerprint density at radius 1 is 1.04 bits per heavy atom. The Morgan fingerprint density at radius 2 is 1.74 bits per heavy atom. The standard InChI is InChI=1S/C19H22N2O4S2/c1-4-14-11-15(26-13-20)7-9-17(14)21-27(22,23)16-8-10-18(24-5-2)19(12-16)25-6-3/h7-12,21H,4-6H2,1-3H3. The lowest BCUT2D eigenvalue weighted by atomic mass is 10.1. The fourth-order valence-electron chi connectivity index (χ4n) is 2.48. The minimum atomic E-state index is -3.80. The van der Waals surface area contributed by atoms with Crippen molar-refractivity contribution in [2.45, 2.75) is 37.0 Å². The van der Waals surface area contributed by atoms with Crippen molar-refractivity contribution < 1.29 is 17.9 Å². The first-order valence-electron chi connectivity index (χ1n) is 8.56. The van der Waals surface area contributed by atoms with Crippen molar-refractivity contribution in [3.05, 3.63) is 42.0 Å². The third kappa shape index (κ3) is 5.31. The van der Waals surface area contributed by atoms with Gasteiger partial charge in [0.25, 0.3) is 10.0 Å². The van der Waals surface area contributed by atoms with E-state index in [1.807, 2.05) is 32.2 Å². The Labute approximate surface area is 164 Å². The lowest BCUT2D eigenvalue weighted by Crippen LogP contribution is -2.14. The van der Waals surface area contributed by atoms with E-state index in [9.17, 15) is 8.42 Å². The summed E-state index contributed by atoms with van der Waals surface area (Å²) in [6, 6.07) is 9.75. The molecule has 0 radical (unpaired) electrons. The normalized spacial score (nSPS) is 10.9. The quantitative estimate of drug-likeness (QED) is 0.490. The first-order valence-corrected chi connectivity index (χ1v) is 10.9. The highest BCUT2D eigenvalue weighted by Crippen LogP contribution is 2.32. The molecule has 0 aromatic heterocycles. The van der Waals surface area contributed by atoms with Crippen LogP contribution >= 0.6 is 11.8 Å². The van der Waals surface area contributed by atoms with Crippen LogP contribution in [0.5, 0.6) is 11.5 Å². The van der Waals surface area contributed by atoms with Crippen LogP contribution in [0.3, 0.4) is 0 Å². The molecule has 0 amide bonds. The number of hydrogen-bond acceptors (Lipinski definition) is 6. The van der Waals surface area contributed by atoms with Crippen LogP contribution in [0.25, 0.3) is 0 Å². The number of rotatable bonds is 9. The monoisotopic (exact) mass is 406 g/mol. The summed E-state index contributed by atoms with van der Waals surface area (Å²) in [6.45, 7) is 6.45. The summed E-state index contributed by atoms with van der Waals surface area (Å²) in [5.74, 6) is 0.893. The fraction of sp³-hybridized carbons (Fsp3) is 0.316.